The maximum absolute atomic E-state index is 13.5. The molecule has 202 valence electrons. The van der Waals surface area contributed by atoms with Crippen LogP contribution in [0.1, 0.15) is 61.8 Å². The third-order valence-electron chi connectivity index (χ3n) is 7.55. The Labute approximate surface area is 230 Å². The van der Waals surface area contributed by atoms with Crippen LogP contribution in [0, 0.1) is 6.92 Å². The number of amides is 1. The predicted octanol–water partition coefficient (Wildman–Crippen LogP) is 6.79. The molecule has 0 spiro atoms. The minimum absolute atomic E-state index is 0.0887. The molecule has 1 N–H and O–H groups in total. The summed E-state index contributed by atoms with van der Waals surface area (Å²) >= 11 is 0. The number of nitrogens with zero attached hydrogens (tertiary/aromatic N) is 2. The highest BCUT2D eigenvalue weighted by Crippen LogP contribution is 2.43. The van der Waals surface area contributed by atoms with Crippen LogP contribution < -0.4 is 14.5 Å². The van der Waals surface area contributed by atoms with Crippen molar-refractivity contribution in [2.24, 2.45) is 0 Å². The largest absolute Gasteiger partial charge is 0.507 e. The lowest BCUT2D eigenvalue weighted by Crippen LogP contribution is -2.29. The molecular weight excluding hydrogens is 488 g/mol. The smallest absolute Gasteiger partial charge is 0.300 e. The van der Waals surface area contributed by atoms with Crippen molar-refractivity contribution in [3.8, 4) is 5.75 Å². The lowest BCUT2D eigenvalue weighted by Gasteiger charge is -2.26. The number of carbonyl (C=O) groups is 2. The Hall–Kier alpha value is -4.06. The zero-order valence-electron chi connectivity index (χ0n) is 22.7. The van der Waals surface area contributed by atoms with Gasteiger partial charge in [0.1, 0.15) is 11.5 Å². The van der Waals surface area contributed by atoms with Gasteiger partial charge in [-0.25, -0.2) is 0 Å². The van der Waals surface area contributed by atoms with Gasteiger partial charge in [0.05, 0.1) is 18.2 Å². The van der Waals surface area contributed by atoms with Gasteiger partial charge in [0, 0.05) is 30.0 Å². The summed E-state index contributed by atoms with van der Waals surface area (Å²) in [6, 6.07) is 21.8. The van der Waals surface area contributed by atoms with Gasteiger partial charge < -0.3 is 14.7 Å². The maximum atomic E-state index is 13.5. The number of carbonyl (C=O) groups excluding carboxylic acids is 2. The first kappa shape index (κ1) is 26.5. The molecule has 2 fully saturated rings. The summed E-state index contributed by atoms with van der Waals surface area (Å²) < 4.78 is 5.80. The van der Waals surface area contributed by atoms with Crippen molar-refractivity contribution in [3.63, 3.8) is 0 Å². The molecule has 0 aliphatic carbocycles. The van der Waals surface area contributed by atoms with E-state index in [0.717, 1.165) is 49.2 Å². The fourth-order valence-electron chi connectivity index (χ4n) is 5.46. The van der Waals surface area contributed by atoms with E-state index in [1.54, 1.807) is 24.3 Å². The fraction of sp³-hybridized carbons (Fsp3) is 0.333. The summed E-state index contributed by atoms with van der Waals surface area (Å²) in [5.41, 5.74) is 4.07. The molecule has 5 rings (SSSR count). The summed E-state index contributed by atoms with van der Waals surface area (Å²) in [5.74, 6) is -0.819. The van der Waals surface area contributed by atoms with Crippen molar-refractivity contribution in [3.05, 3.63) is 95.1 Å². The lowest BCUT2D eigenvalue weighted by molar-refractivity contribution is -0.132. The van der Waals surface area contributed by atoms with Gasteiger partial charge >= 0.3 is 0 Å². The number of aryl methyl sites for hydroxylation is 1. The Morgan fingerprint density at radius 3 is 2.28 bits per heavy atom. The highest BCUT2D eigenvalue weighted by molar-refractivity contribution is 6.51. The molecule has 2 saturated heterocycles. The van der Waals surface area contributed by atoms with Gasteiger partial charge in [0.25, 0.3) is 11.7 Å². The van der Waals surface area contributed by atoms with Gasteiger partial charge in [-0.1, -0.05) is 49.6 Å². The fourth-order valence-corrected chi connectivity index (χ4v) is 5.46. The molecule has 1 amide bonds. The van der Waals surface area contributed by atoms with E-state index in [1.165, 1.54) is 17.7 Å². The zero-order valence-corrected chi connectivity index (χ0v) is 22.7. The molecule has 39 heavy (non-hydrogen) atoms. The molecule has 3 aromatic carbocycles. The topological polar surface area (TPSA) is 70.1 Å². The van der Waals surface area contributed by atoms with Crippen LogP contribution in [0.5, 0.6) is 5.75 Å². The quantitative estimate of drug-likeness (QED) is 0.144. The number of ether oxygens (including phenoxy) is 1. The van der Waals surface area contributed by atoms with Gasteiger partial charge in [0.15, 0.2) is 0 Å². The van der Waals surface area contributed by atoms with Gasteiger partial charge in [0.2, 0.25) is 0 Å². The SMILES string of the molecule is CCCCCOc1ccc(/C(O)=C2\C(=O)C(=O)N(c3ccc(N4CCCC4)cc3)C2c2cccc(C)c2)cc1. The molecule has 1 unspecified atom stereocenters. The average molecular weight is 525 g/mol. The average Bonchev–Trinajstić information content (AvgIpc) is 3.58. The third-order valence-corrected chi connectivity index (χ3v) is 7.55. The van der Waals surface area contributed by atoms with Crippen LogP contribution in [0.15, 0.2) is 78.4 Å². The predicted molar refractivity (Wildman–Crippen MR) is 155 cm³/mol. The van der Waals surface area contributed by atoms with E-state index in [0.29, 0.717) is 23.6 Å². The van der Waals surface area contributed by atoms with Crippen molar-refractivity contribution < 1.29 is 19.4 Å². The first-order chi connectivity index (χ1) is 19.0. The monoisotopic (exact) mass is 524 g/mol. The van der Waals surface area contributed by atoms with Crippen molar-refractivity contribution in [2.45, 2.75) is 52.0 Å². The number of rotatable bonds is 9. The van der Waals surface area contributed by atoms with E-state index < -0.39 is 17.7 Å². The standard InChI is InChI=1S/C33H36N2O4/c1-3-4-7-21-39-28-17-11-24(12-18-28)31(36)29-30(25-10-8-9-23(2)22-25)35(33(38)32(29)37)27-15-13-26(14-16-27)34-19-5-6-20-34/h8-18,22,30,36H,3-7,19-21H2,1-2H3/b31-29+. The Morgan fingerprint density at radius 2 is 1.62 bits per heavy atom. The van der Waals surface area contributed by atoms with Crippen LogP contribution in [0.3, 0.4) is 0 Å². The van der Waals surface area contributed by atoms with Crippen molar-refractivity contribution in [1.29, 1.82) is 0 Å². The molecule has 3 aromatic rings. The number of aliphatic hydroxyl groups is 1. The van der Waals surface area contributed by atoms with E-state index >= 15 is 0 Å². The molecule has 0 radical (unpaired) electrons. The zero-order chi connectivity index (χ0) is 27.4. The Kier molecular flexibility index (Phi) is 8.01. The highest BCUT2D eigenvalue weighted by atomic mass is 16.5. The van der Waals surface area contributed by atoms with Gasteiger partial charge in [-0.15, -0.1) is 0 Å². The number of benzene rings is 3. The highest BCUT2D eigenvalue weighted by Gasteiger charge is 2.47. The van der Waals surface area contributed by atoms with Crippen LogP contribution in [0.2, 0.25) is 0 Å². The first-order valence-electron chi connectivity index (χ1n) is 13.9. The number of unbranched alkanes of at least 4 members (excludes halogenated alkanes) is 2. The summed E-state index contributed by atoms with van der Waals surface area (Å²) in [6.07, 6.45) is 5.57. The Bertz CT molecular complexity index is 1360. The number of aliphatic hydroxyl groups excluding tert-OH is 1. The summed E-state index contributed by atoms with van der Waals surface area (Å²) in [6.45, 7) is 6.80. The molecule has 1 atom stereocenters. The molecule has 2 aliphatic heterocycles. The van der Waals surface area contributed by atoms with Gasteiger partial charge in [-0.3, -0.25) is 14.5 Å². The summed E-state index contributed by atoms with van der Waals surface area (Å²) in [5, 5.41) is 11.4. The molecule has 6 nitrogen and oxygen atoms in total. The number of hydrogen-bond acceptors (Lipinski definition) is 5. The van der Waals surface area contributed by atoms with Crippen LogP contribution >= 0.6 is 0 Å². The summed E-state index contributed by atoms with van der Waals surface area (Å²) in [7, 11) is 0. The van der Waals surface area contributed by atoms with Crippen LogP contribution in [-0.4, -0.2) is 36.5 Å². The first-order valence-corrected chi connectivity index (χ1v) is 13.9. The van der Waals surface area contributed by atoms with Gasteiger partial charge in [-0.2, -0.15) is 0 Å². The summed E-state index contributed by atoms with van der Waals surface area (Å²) in [4.78, 5) is 30.8. The van der Waals surface area contributed by atoms with E-state index in [9.17, 15) is 14.7 Å². The van der Waals surface area contributed by atoms with E-state index in [2.05, 4.69) is 11.8 Å². The number of ketones is 1. The second-order valence-corrected chi connectivity index (χ2v) is 10.4. The van der Waals surface area contributed by atoms with Crippen molar-refractivity contribution in [1.82, 2.24) is 0 Å². The molecule has 0 bridgehead atoms. The molecule has 6 heteroatoms. The molecule has 2 aliphatic rings. The van der Waals surface area contributed by atoms with E-state index in [4.69, 9.17) is 4.74 Å². The van der Waals surface area contributed by atoms with E-state index in [1.807, 2.05) is 55.5 Å². The molecule has 0 saturated carbocycles. The van der Waals surface area contributed by atoms with Crippen LogP contribution in [0.4, 0.5) is 11.4 Å². The van der Waals surface area contributed by atoms with Crippen molar-refractivity contribution >= 4 is 28.8 Å². The third kappa shape index (κ3) is 5.56. The minimum Gasteiger partial charge on any atom is -0.507 e. The number of Topliss-reactive ketones (excluding diaryl/α,β-unsaturated/α-hetero) is 1. The van der Waals surface area contributed by atoms with Crippen molar-refractivity contribution in [2.75, 3.05) is 29.5 Å². The van der Waals surface area contributed by atoms with Crippen LogP contribution in [0.25, 0.3) is 5.76 Å². The second-order valence-electron chi connectivity index (χ2n) is 10.4. The Balaban J connectivity index is 1.51. The second kappa shape index (κ2) is 11.8. The van der Waals surface area contributed by atoms with Gasteiger partial charge in [-0.05, 0) is 80.3 Å². The van der Waals surface area contributed by atoms with Crippen LogP contribution in [-0.2, 0) is 9.59 Å². The number of hydrogen-bond donors (Lipinski definition) is 1. The normalized spacial score (nSPS) is 18.7. The minimum atomic E-state index is -0.743. The number of anilines is 2. The Morgan fingerprint density at radius 1 is 0.923 bits per heavy atom. The lowest BCUT2D eigenvalue weighted by atomic mass is 9.94. The van der Waals surface area contributed by atoms with E-state index in [-0.39, 0.29) is 11.3 Å². The maximum Gasteiger partial charge on any atom is 0.300 e. The molecular formula is C33H36N2O4. The molecule has 2 heterocycles. The molecule has 0 aromatic heterocycles.